The minimum atomic E-state index is -0.0389. The van der Waals surface area contributed by atoms with Crippen LogP contribution in [0.5, 0.6) is 0 Å². The van der Waals surface area contributed by atoms with Gasteiger partial charge in [0.2, 0.25) is 5.91 Å². The number of para-hydroxylation sites is 1. The van der Waals surface area contributed by atoms with Gasteiger partial charge >= 0.3 is 0 Å². The molecule has 0 saturated carbocycles. The van der Waals surface area contributed by atoms with Crippen molar-refractivity contribution in [2.75, 3.05) is 18.9 Å². The Balaban J connectivity index is 2.88. The van der Waals surface area contributed by atoms with E-state index in [1.165, 1.54) is 0 Å². The van der Waals surface area contributed by atoms with E-state index < -0.39 is 0 Å². The quantitative estimate of drug-likeness (QED) is 0.860. The average molecular weight is 248 g/mol. The Hall–Kier alpha value is -1.35. The maximum absolute atomic E-state index is 12.0. The zero-order valence-electron chi connectivity index (χ0n) is 12.0. The summed E-state index contributed by atoms with van der Waals surface area (Å²) >= 11 is 0. The van der Waals surface area contributed by atoms with Crippen molar-refractivity contribution in [1.82, 2.24) is 5.32 Å². The molecule has 1 atom stereocenters. The van der Waals surface area contributed by atoms with Crippen LogP contribution in [0.1, 0.15) is 33.3 Å². The molecule has 1 unspecified atom stereocenters. The molecule has 2 N–H and O–H groups in total. The van der Waals surface area contributed by atoms with Crippen LogP contribution in [0.4, 0.5) is 5.69 Å². The summed E-state index contributed by atoms with van der Waals surface area (Å²) in [4.78, 5) is 12.0. The fourth-order valence-corrected chi connectivity index (χ4v) is 1.90. The van der Waals surface area contributed by atoms with Crippen LogP contribution in [0.25, 0.3) is 0 Å². The molecule has 0 saturated heterocycles. The van der Waals surface area contributed by atoms with Crippen molar-refractivity contribution in [1.29, 1.82) is 0 Å². The average Bonchev–Trinajstić information content (AvgIpc) is 2.28. The van der Waals surface area contributed by atoms with Gasteiger partial charge in [-0.1, -0.05) is 45.9 Å². The number of amides is 1. The number of carbonyl (C=O) groups is 1. The third kappa shape index (κ3) is 3.84. The fourth-order valence-electron chi connectivity index (χ4n) is 1.90. The van der Waals surface area contributed by atoms with E-state index in [2.05, 4.69) is 37.5 Å². The van der Waals surface area contributed by atoms with Gasteiger partial charge in [0.25, 0.3) is 0 Å². The zero-order chi connectivity index (χ0) is 13.8. The van der Waals surface area contributed by atoms with Crippen molar-refractivity contribution in [2.45, 2.75) is 33.1 Å². The molecule has 18 heavy (non-hydrogen) atoms. The summed E-state index contributed by atoms with van der Waals surface area (Å²) in [5, 5.41) is 6.04. The highest BCUT2D eigenvalue weighted by atomic mass is 16.1. The van der Waals surface area contributed by atoms with Gasteiger partial charge in [-0.3, -0.25) is 4.79 Å². The topological polar surface area (TPSA) is 41.1 Å². The van der Waals surface area contributed by atoms with Gasteiger partial charge in [0, 0.05) is 18.2 Å². The van der Waals surface area contributed by atoms with E-state index in [0.29, 0.717) is 6.54 Å². The number of nitrogens with one attached hydrogen (secondary N) is 2. The largest absolute Gasteiger partial charge is 0.326 e. The Morgan fingerprint density at radius 2 is 1.89 bits per heavy atom. The van der Waals surface area contributed by atoms with E-state index >= 15 is 0 Å². The first-order valence-electron chi connectivity index (χ1n) is 6.41. The number of anilines is 1. The molecular weight excluding hydrogens is 224 g/mol. The van der Waals surface area contributed by atoms with Gasteiger partial charge in [0.1, 0.15) is 0 Å². The molecule has 0 bridgehead atoms. The normalized spacial score (nSPS) is 13.2. The molecule has 0 fully saturated rings. The Labute approximate surface area is 110 Å². The molecule has 0 aliphatic carbocycles. The second kappa shape index (κ2) is 6.01. The Kier molecular flexibility index (Phi) is 4.91. The van der Waals surface area contributed by atoms with Crippen molar-refractivity contribution in [3.8, 4) is 0 Å². The lowest BCUT2D eigenvalue weighted by Gasteiger charge is -2.23. The van der Waals surface area contributed by atoms with Crippen LogP contribution in [0, 0.1) is 5.92 Å². The minimum Gasteiger partial charge on any atom is -0.326 e. The maximum atomic E-state index is 12.0. The molecular formula is C15H24N2O. The molecule has 0 spiro atoms. The summed E-state index contributed by atoms with van der Waals surface area (Å²) in [5.41, 5.74) is 2.10. The highest BCUT2D eigenvalue weighted by Gasteiger charge is 2.20. The summed E-state index contributed by atoms with van der Waals surface area (Å²) in [5.74, 6) is 0.0177. The van der Waals surface area contributed by atoms with E-state index in [-0.39, 0.29) is 17.2 Å². The van der Waals surface area contributed by atoms with Gasteiger partial charge in [-0.15, -0.1) is 0 Å². The first-order valence-corrected chi connectivity index (χ1v) is 6.41. The number of hydrogen-bond donors (Lipinski definition) is 2. The van der Waals surface area contributed by atoms with E-state index in [9.17, 15) is 4.79 Å². The molecule has 3 nitrogen and oxygen atoms in total. The van der Waals surface area contributed by atoms with Crippen molar-refractivity contribution in [3.05, 3.63) is 29.8 Å². The van der Waals surface area contributed by atoms with Gasteiger partial charge in [0.05, 0.1) is 0 Å². The van der Waals surface area contributed by atoms with Gasteiger partial charge in [0.15, 0.2) is 0 Å². The smallest absolute Gasteiger partial charge is 0.228 e. The monoisotopic (exact) mass is 248 g/mol. The Morgan fingerprint density at radius 3 is 2.44 bits per heavy atom. The summed E-state index contributed by atoms with van der Waals surface area (Å²) in [6, 6.07) is 7.99. The van der Waals surface area contributed by atoms with E-state index in [0.717, 1.165) is 11.3 Å². The zero-order valence-corrected chi connectivity index (χ0v) is 12.0. The standard InChI is InChI=1S/C15H24N2O/c1-11(10-16-5)14(18)17-13-9-7-6-8-12(13)15(2,3)4/h6-9,11,16H,10H2,1-5H3,(H,17,18). The van der Waals surface area contributed by atoms with Gasteiger partial charge in [-0.2, -0.15) is 0 Å². The summed E-state index contributed by atoms with van der Waals surface area (Å²) in [6.45, 7) is 9.05. The molecule has 0 aliphatic heterocycles. The summed E-state index contributed by atoms with van der Waals surface area (Å²) in [7, 11) is 1.85. The van der Waals surface area contributed by atoms with Crippen molar-refractivity contribution >= 4 is 11.6 Å². The van der Waals surface area contributed by atoms with Crippen LogP contribution < -0.4 is 10.6 Å². The SMILES string of the molecule is CNCC(C)C(=O)Nc1ccccc1C(C)(C)C. The fraction of sp³-hybridized carbons (Fsp3) is 0.533. The van der Waals surface area contributed by atoms with Crippen LogP contribution in [-0.2, 0) is 10.2 Å². The first kappa shape index (κ1) is 14.7. The van der Waals surface area contributed by atoms with Crippen molar-refractivity contribution in [3.63, 3.8) is 0 Å². The van der Waals surface area contributed by atoms with Gasteiger partial charge in [-0.25, -0.2) is 0 Å². The first-order chi connectivity index (χ1) is 8.36. The molecule has 100 valence electrons. The second-order valence-electron chi connectivity index (χ2n) is 5.74. The number of hydrogen-bond acceptors (Lipinski definition) is 2. The molecule has 0 heterocycles. The van der Waals surface area contributed by atoms with Crippen LogP contribution in [-0.4, -0.2) is 19.5 Å². The highest BCUT2D eigenvalue weighted by molar-refractivity contribution is 5.93. The Bertz CT molecular complexity index is 407. The lowest BCUT2D eigenvalue weighted by molar-refractivity contribution is -0.119. The number of benzene rings is 1. The van der Waals surface area contributed by atoms with Gasteiger partial charge in [-0.05, 0) is 24.1 Å². The van der Waals surface area contributed by atoms with E-state index in [4.69, 9.17) is 0 Å². The van der Waals surface area contributed by atoms with Gasteiger partial charge < -0.3 is 10.6 Å². The van der Waals surface area contributed by atoms with Crippen LogP contribution >= 0.6 is 0 Å². The lowest BCUT2D eigenvalue weighted by Crippen LogP contribution is -2.29. The highest BCUT2D eigenvalue weighted by Crippen LogP contribution is 2.29. The molecule has 0 aliphatic rings. The molecule has 1 aromatic carbocycles. The second-order valence-corrected chi connectivity index (χ2v) is 5.74. The van der Waals surface area contributed by atoms with Crippen molar-refractivity contribution in [2.24, 2.45) is 5.92 Å². The third-order valence-electron chi connectivity index (χ3n) is 2.95. The molecule has 1 amide bonds. The van der Waals surface area contributed by atoms with Crippen molar-refractivity contribution < 1.29 is 4.79 Å². The molecule has 0 aromatic heterocycles. The lowest BCUT2D eigenvalue weighted by atomic mass is 9.85. The summed E-state index contributed by atoms with van der Waals surface area (Å²) < 4.78 is 0. The van der Waals surface area contributed by atoms with Crippen LogP contribution in [0.2, 0.25) is 0 Å². The number of rotatable bonds is 4. The van der Waals surface area contributed by atoms with Crippen LogP contribution in [0.15, 0.2) is 24.3 Å². The minimum absolute atomic E-state index is 0.0239. The molecule has 0 radical (unpaired) electrons. The number of carbonyl (C=O) groups excluding carboxylic acids is 1. The maximum Gasteiger partial charge on any atom is 0.228 e. The molecule has 3 heteroatoms. The van der Waals surface area contributed by atoms with E-state index in [1.54, 1.807) is 0 Å². The van der Waals surface area contributed by atoms with E-state index in [1.807, 2.05) is 32.2 Å². The summed E-state index contributed by atoms with van der Waals surface area (Å²) in [6.07, 6.45) is 0. The predicted octanol–water partition coefficient (Wildman–Crippen LogP) is 2.78. The molecule has 1 rings (SSSR count). The van der Waals surface area contributed by atoms with Crippen LogP contribution in [0.3, 0.4) is 0 Å². The molecule has 1 aromatic rings. The third-order valence-corrected chi connectivity index (χ3v) is 2.95. The predicted molar refractivity (Wildman–Crippen MR) is 76.9 cm³/mol. The Morgan fingerprint density at radius 1 is 1.28 bits per heavy atom.